The van der Waals surface area contributed by atoms with Gasteiger partial charge < -0.3 is 5.73 Å². The number of hydrogen-bond donors (Lipinski definition) is 1. The largest absolute Gasteiger partial charge is 0.327 e. The number of benzene rings is 1. The molecule has 0 aromatic heterocycles. The van der Waals surface area contributed by atoms with E-state index in [1.807, 2.05) is 6.07 Å². The highest BCUT2D eigenvalue weighted by Gasteiger charge is 2.13. The summed E-state index contributed by atoms with van der Waals surface area (Å²) in [6, 6.07) is 10.7. The molecule has 0 saturated carbocycles. The molecule has 2 unspecified atom stereocenters. The van der Waals surface area contributed by atoms with Crippen molar-refractivity contribution >= 4 is 0 Å². The van der Waals surface area contributed by atoms with Gasteiger partial charge in [0.25, 0.3) is 0 Å². The molecular formula is C14H21N. The molecule has 2 atom stereocenters. The highest BCUT2D eigenvalue weighted by molar-refractivity contribution is 5.20. The molecule has 1 nitrogen and oxygen atoms in total. The topological polar surface area (TPSA) is 26.0 Å². The molecule has 1 aromatic rings. The Bertz CT molecular complexity index is 302. The second-order valence-electron chi connectivity index (χ2n) is 4.36. The zero-order chi connectivity index (χ0) is 11.3. The van der Waals surface area contributed by atoms with E-state index in [-0.39, 0.29) is 6.04 Å². The molecule has 0 spiro atoms. The van der Waals surface area contributed by atoms with Gasteiger partial charge in [-0.2, -0.15) is 0 Å². The standard InChI is InChI=1S/C14H21N/c1-11(2)9-10-14(15)12(3)13-7-5-4-6-8-13/h4-8,12,14H,1,9-10,15H2,2-3H3. The fraction of sp³-hybridized carbons (Fsp3) is 0.429. The van der Waals surface area contributed by atoms with Crippen molar-refractivity contribution in [2.45, 2.75) is 38.6 Å². The fourth-order valence-corrected chi connectivity index (χ4v) is 1.67. The summed E-state index contributed by atoms with van der Waals surface area (Å²) in [4.78, 5) is 0. The van der Waals surface area contributed by atoms with Crippen molar-refractivity contribution < 1.29 is 0 Å². The maximum atomic E-state index is 6.16. The Hall–Kier alpha value is -1.08. The average Bonchev–Trinajstić information content (AvgIpc) is 2.26. The van der Waals surface area contributed by atoms with Crippen LogP contribution in [0.4, 0.5) is 0 Å². The summed E-state index contributed by atoms with van der Waals surface area (Å²) < 4.78 is 0. The Morgan fingerprint density at radius 1 is 1.33 bits per heavy atom. The van der Waals surface area contributed by atoms with Gasteiger partial charge in [-0.05, 0) is 31.2 Å². The molecule has 0 aliphatic heterocycles. The summed E-state index contributed by atoms with van der Waals surface area (Å²) in [5.41, 5.74) is 8.70. The first kappa shape index (κ1) is 12.0. The summed E-state index contributed by atoms with van der Waals surface area (Å²) >= 11 is 0. The molecule has 2 N–H and O–H groups in total. The summed E-state index contributed by atoms with van der Waals surface area (Å²) in [5, 5.41) is 0. The molecule has 0 amide bonds. The van der Waals surface area contributed by atoms with Gasteiger partial charge in [-0.3, -0.25) is 0 Å². The third-order valence-corrected chi connectivity index (χ3v) is 2.87. The smallest absolute Gasteiger partial charge is 0.0108 e. The normalized spacial score (nSPS) is 14.6. The van der Waals surface area contributed by atoms with Crippen LogP contribution in [-0.4, -0.2) is 6.04 Å². The molecule has 15 heavy (non-hydrogen) atoms. The Labute approximate surface area is 93.0 Å². The summed E-state index contributed by atoms with van der Waals surface area (Å²) in [5.74, 6) is 0.422. The number of allylic oxidation sites excluding steroid dienone is 1. The quantitative estimate of drug-likeness (QED) is 0.728. The zero-order valence-corrected chi connectivity index (χ0v) is 9.74. The van der Waals surface area contributed by atoms with Crippen LogP contribution in [0.1, 0.15) is 38.2 Å². The van der Waals surface area contributed by atoms with Crippen LogP contribution in [0.25, 0.3) is 0 Å². The highest BCUT2D eigenvalue weighted by Crippen LogP contribution is 2.21. The minimum absolute atomic E-state index is 0.226. The van der Waals surface area contributed by atoms with Gasteiger partial charge >= 0.3 is 0 Å². The van der Waals surface area contributed by atoms with Crippen molar-refractivity contribution in [2.24, 2.45) is 5.73 Å². The number of nitrogens with two attached hydrogens (primary N) is 1. The maximum absolute atomic E-state index is 6.16. The van der Waals surface area contributed by atoms with Crippen molar-refractivity contribution in [2.75, 3.05) is 0 Å². The van der Waals surface area contributed by atoms with E-state index in [1.54, 1.807) is 0 Å². The SMILES string of the molecule is C=C(C)CCC(N)C(C)c1ccccc1. The van der Waals surface area contributed by atoms with Crippen molar-refractivity contribution in [3.63, 3.8) is 0 Å². The van der Waals surface area contributed by atoms with Crippen LogP contribution < -0.4 is 5.73 Å². The lowest BCUT2D eigenvalue weighted by molar-refractivity contribution is 0.528. The van der Waals surface area contributed by atoms with E-state index < -0.39 is 0 Å². The van der Waals surface area contributed by atoms with Crippen LogP contribution in [-0.2, 0) is 0 Å². The Balaban J connectivity index is 2.53. The highest BCUT2D eigenvalue weighted by atomic mass is 14.6. The lowest BCUT2D eigenvalue weighted by atomic mass is 9.90. The molecule has 82 valence electrons. The van der Waals surface area contributed by atoms with Crippen molar-refractivity contribution in [3.8, 4) is 0 Å². The molecule has 1 rings (SSSR count). The zero-order valence-electron chi connectivity index (χ0n) is 9.74. The first-order valence-corrected chi connectivity index (χ1v) is 5.56. The fourth-order valence-electron chi connectivity index (χ4n) is 1.67. The van der Waals surface area contributed by atoms with E-state index >= 15 is 0 Å². The molecular weight excluding hydrogens is 182 g/mol. The van der Waals surface area contributed by atoms with Crippen LogP contribution in [0.2, 0.25) is 0 Å². The van der Waals surface area contributed by atoms with Gasteiger partial charge in [0.2, 0.25) is 0 Å². The molecule has 0 aliphatic carbocycles. The van der Waals surface area contributed by atoms with E-state index in [0.29, 0.717) is 5.92 Å². The van der Waals surface area contributed by atoms with E-state index in [0.717, 1.165) is 12.8 Å². The maximum Gasteiger partial charge on any atom is 0.0108 e. The molecule has 0 saturated heterocycles. The molecule has 0 radical (unpaired) electrons. The summed E-state index contributed by atoms with van der Waals surface area (Å²) in [7, 11) is 0. The van der Waals surface area contributed by atoms with Crippen LogP contribution in [0.5, 0.6) is 0 Å². The Kier molecular flexibility index (Phi) is 4.57. The van der Waals surface area contributed by atoms with E-state index in [9.17, 15) is 0 Å². The average molecular weight is 203 g/mol. The Morgan fingerprint density at radius 3 is 2.47 bits per heavy atom. The first-order valence-electron chi connectivity index (χ1n) is 5.56. The monoisotopic (exact) mass is 203 g/mol. The van der Waals surface area contributed by atoms with Gasteiger partial charge in [0.1, 0.15) is 0 Å². The molecule has 0 aliphatic rings. The molecule has 0 heterocycles. The molecule has 1 heteroatoms. The van der Waals surface area contributed by atoms with Crippen LogP contribution in [0, 0.1) is 0 Å². The van der Waals surface area contributed by atoms with Crippen molar-refractivity contribution in [1.82, 2.24) is 0 Å². The van der Waals surface area contributed by atoms with Crippen LogP contribution >= 0.6 is 0 Å². The van der Waals surface area contributed by atoms with Crippen LogP contribution in [0.15, 0.2) is 42.5 Å². The minimum Gasteiger partial charge on any atom is -0.327 e. The van der Waals surface area contributed by atoms with Crippen molar-refractivity contribution in [1.29, 1.82) is 0 Å². The van der Waals surface area contributed by atoms with Gasteiger partial charge in [0.05, 0.1) is 0 Å². The second-order valence-corrected chi connectivity index (χ2v) is 4.36. The predicted molar refractivity (Wildman–Crippen MR) is 66.9 cm³/mol. The molecule has 1 aromatic carbocycles. The number of rotatable bonds is 5. The van der Waals surface area contributed by atoms with Gasteiger partial charge in [0, 0.05) is 6.04 Å². The van der Waals surface area contributed by atoms with Gasteiger partial charge in [0.15, 0.2) is 0 Å². The Morgan fingerprint density at radius 2 is 1.93 bits per heavy atom. The van der Waals surface area contributed by atoms with Gasteiger partial charge in [-0.15, -0.1) is 6.58 Å². The van der Waals surface area contributed by atoms with E-state index in [1.165, 1.54) is 11.1 Å². The van der Waals surface area contributed by atoms with Crippen molar-refractivity contribution in [3.05, 3.63) is 48.0 Å². The lowest BCUT2D eigenvalue weighted by Gasteiger charge is -2.20. The summed E-state index contributed by atoms with van der Waals surface area (Å²) in [6.45, 7) is 8.15. The van der Waals surface area contributed by atoms with Gasteiger partial charge in [-0.1, -0.05) is 42.8 Å². The lowest BCUT2D eigenvalue weighted by Crippen LogP contribution is -2.26. The molecule has 0 fully saturated rings. The third-order valence-electron chi connectivity index (χ3n) is 2.87. The first-order chi connectivity index (χ1) is 7.11. The predicted octanol–water partition coefficient (Wildman–Crippen LogP) is 3.47. The van der Waals surface area contributed by atoms with E-state index in [4.69, 9.17) is 5.73 Å². The summed E-state index contributed by atoms with van der Waals surface area (Å²) in [6.07, 6.45) is 2.05. The van der Waals surface area contributed by atoms with Crippen LogP contribution in [0.3, 0.4) is 0 Å². The van der Waals surface area contributed by atoms with Gasteiger partial charge in [-0.25, -0.2) is 0 Å². The minimum atomic E-state index is 0.226. The van der Waals surface area contributed by atoms with E-state index in [2.05, 4.69) is 44.7 Å². The third kappa shape index (κ3) is 3.88. The second kappa shape index (κ2) is 5.72. The number of hydrogen-bond acceptors (Lipinski definition) is 1. The molecule has 0 bridgehead atoms.